The van der Waals surface area contributed by atoms with E-state index >= 15 is 0 Å². The van der Waals surface area contributed by atoms with E-state index in [-0.39, 0.29) is 11.9 Å². The van der Waals surface area contributed by atoms with Crippen molar-refractivity contribution in [3.63, 3.8) is 0 Å². The molecule has 2 unspecified atom stereocenters. The Labute approximate surface area is 115 Å². The zero-order valence-corrected chi connectivity index (χ0v) is 11.8. The average molecular weight is 260 g/mol. The van der Waals surface area contributed by atoms with Crippen molar-refractivity contribution in [2.75, 3.05) is 26.7 Å². The van der Waals surface area contributed by atoms with Crippen LogP contribution in [0.3, 0.4) is 0 Å². The van der Waals surface area contributed by atoms with Gasteiger partial charge in [0.25, 0.3) is 0 Å². The number of amidine groups is 1. The molecule has 1 aliphatic heterocycles. The molecule has 4 heteroatoms. The Morgan fingerprint density at radius 2 is 2.05 bits per heavy atom. The average Bonchev–Trinajstić information content (AvgIpc) is 2.37. The van der Waals surface area contributed by atoms with Gasteiger partial charge in [-0.05, 0) is 19.5 Å². The lowest BCUT2D eigenvalue weighted by Gasteiger charge is -2.43. The highest BCUT2D eigenvalue weighted by atomic mass is 15.3. The monoisotopic (exact) mass is 260 g/mol. The van der Waals surface area contributed by atoms with Crippen LogP contribution in [0, 0.1) is 5.41 Å². The van der Waals surface area contributed by atoms with E-state index < -0.39 is 0 Å². The molecule has 4 nitrogen and oxygen atoms in total. The summed E-state index contributed by atoms with van der Waals surface area (Å²) in [5.74, 6) is 0.264. The second-order valence-electron chi connectivity index (χ2n) is 5.50. The molecule has 1 fully saturated rings. The van der Waals surface area contributed by atoms with Gasteiger partial charge >= 0.3 is 0 Å². The lowest BCUT2D eigenvalue weighted by molar-refractivity contribution is 0.0629. The van der Waals surface area contributed by atoms with Gasteiger partial charge in [0, 0.05) is 38.1 Å². The Morgan fingerprint density at radius 1 is 1.37 bits per heavy atom. The molecule has 104 valence electrons. The van der Waals surface area contributed by atoms with Crippen molar-refractivity contribution < 1.29 is 0 Å². The van der Waals surface area contributed by atoms with Gasteiger partial charge in [-0.2, -0.15) is 0 Å². The number of hydrogen-bond donors (Lipinski definition) is 2. The summed E-state index contributed by atoms with van der Waals surface area (Å²) < 4.78 is 0. The molecule has 1 aliphatic rings. The number of nitrogens with two attached hydrogens (primary N) is 1. The summed E-state index contributed by atoms with van der Waals surface area (Å²) in [5.41, 5.74) is 6.91. The highest BCUT2D eigenvalue weighted by Crippen LogP contribution is 2.27. The van der Waals surface area contributed by atoms with E-state index in [2.05, 4.69) is 48.0 Å². The first-order valence-corrected chi connectivity index (χ1v) is 6.90. The third kappa shape index (κ3) is 3.55. The maximum atomic E-state index is 7.64. The number of likely N-dealkylation sites (N-methyl/N-ethyl adjacent to an activating group) is 1. The Hall–Kier alpha value is -1.39. The Balaban J connectivity index is 2.20. The predicted molar refractivity (Wildman–Crippen MR) is 79.4 cm³/mol. The van der Waals surface area contributed by atoms with Crippen LogP contribution in [0.2, 0.25) is 0 Å². The van der Waals surface area contributed by atoms with Crippen LogP contribution in [0.25, 0.3) is 0 Å². The van der Waals surface area contributed by atoms with E-state index in [0.29, 0.717) is 12.5 Å². The first-order valence-electron chi connectivity index (χ1n) is 6.90. The van der Waals surface area contributed by atoms with Crippen LogP contribution in [0.5, 0.6) is 0 Å². The molecule has 0 aliphatic carbocycles. The van der Waals surface area contributed by atoms with Gasteiger partial charge in [0.15, 0.2) is 0 Å². The van der Waals surface area contributed by atoms with Crippen LogP contribution in [-0.4, -0.2) is 48.4 Å². The molecule has 1 aromatic carbocycles. The molecular weight excluding hydrogens is 236 g/mol. The third-order valence-corrected chi connectivity index (χ3v) is 3.88. The lowest BCUT2D eigenvalue weighted by Crippen LogP contribution is -2.52. The molecule has 1 aromatic rings. The van der Waals surface area contributed by atoms with Crippen molar-refractivity contribution in [1.29, 1.82) is 5.41 Å². The van der Waals surface area contributed by atoms with Crippen LogP contribution in [0.15, 0.2) is 30.3 Å². The summed E-state index contributed by atoms with van der Waals surface area (Å²) in [4.78, 5) is 4.84. The van der Waals surface area contributed by atoms with Crippen molar-refractivity contribution in [1.82, 2.24) is 9.80 Å². The molecule has 0 amide bonds. The standard InChI is InChI=1S/C15H24N4/c1-12-11-18(2)8-9-19(12)14(10-15(16)17)13-6-4-3-5-7-13/h3-7,12,14H,8-11H2,1-2H3,(H3,16,17). The second kappa shape index (κ2) is 6.17. The Bertz CT molecular complexity index is 417. The minimum atomic E-state index is 0.224. The summed E-state index contributed by atoms with van der Waals surface area (Å²) in [6.07, 6.45) is 0.609. The van der Waals surface area contributed by atoms with Crippen LogP contribution in [0.4, 0.5) is 0 Å². The van der Waals surface area contributed by atoms with Crippen molar-refractivity contribution in [2.45, 2.75) is 25.4 Å². The molecule has 2 atom stereocenters. The number of piperazine rings is 1. The molecule has 1 saturated heterocycles. The Kier molecular flexibility index (Phi) is 4.56. The topological polar surface area (TPSA) is 56.4 Å². The first kappa shape index (κ1) is 14.0. The van der Waals surface area contributed by atoms with Crippen LogP contribution < -0.4 is 5.73 Å². The molecular formula is C15H24N4. The van der Waals surface area contributed by atoms with E-state index in [1.807, 2.05) is 6.07 Å². The summed E-state index contributed by atoms with van der Waals surface area (Å²) in [7, 11) is 2.16. The van der Waals surface area contributed by atoms with Crippen LogP contribution in [-0.2, 0) is 0 Å². The van der Waals surface area contributed by atoms with Gasteiger partial charge in [0.1, 0.15) is 0 Å². The van der Waals surface area contributed by atoms with Gasteiger partial charge in [0.05, 0.1) is 5.84 Å². The summed E-state index contributed by atoms with van der Waals surface area (Å²) >= 11 is 0. The zero-order valence-electron chi connectivity index (χ0n) is 11.8. The molecule has 1 heterocycles. The van der Waals surface area contributed by atoms with E-state index in [9.17, 15) is 0 Å². The van der Waals surface area contributed by atoms with E-state index in [0.717, 1.165) is 19.6 Å². The van der Waals surface area contributed by atoms with E-state index in [1.165, 1.54) is 5.56 Å². The smallest absolute Gasteiger partial charge is 0.0924 e. The van der Waals surface area contributed by atoms with E-state index in [1.54, 1.807) is 0 Å². The summed E-state index contributed by atoms with van der Waals surface area (Å²) in [6.45, 7) is 5.43. The fourth-order valence-electron chi connectivity index (χ4n) is 2.93. The quantitative estimate of drug-likeness (QED) is 0.640. The molecule has 19 heavy (non-hydrogen) atoms. The largest absolute Gasteiger partial charge is 0.388 e. The van der Waals surface area contributed by atoms with Gasteiger partial charge in [-0.1, -0.05) is 30.3 Å². The fraction of sp³-hybridized carbons (Fsp3) is 0.533. The molecule has 0 bridgehead atoms. The molecule has 0 spiro atoms. The number of benzene rings is 1. The number of nitrogens with zero attached hydrogens (tertiary/aromatic N) is 2. The maximum Gasteiger partial charge on any atom is 0.0924 e. The number of nitrogens with one attached hydrogen (secondary N) is 1. The number of rotatable bonds is 4. The van der Waals surface area contributed by atoms with Gasteiger partial charge in [-0.3, -0.25) is 10.3 Å². The fourth-order valence-corrected chi connectivity index (χ4v) is 2.93. The highest BCUT2D eigenvalue weighted by molar-refractivity contribution is 5.77. The second-order valence-corrected chi connectivity index (χ2v) is 5.50. The van der Waals surface area contributed by atoms with Gasteiger partial charge in [0.2, 0.25) is 0 Å². The minimum Gasteiger partial charge on any atom is -0.388 e. The summed E-state index contributed by atoms with van der Waals surface area (Å²) in [5, 5.41) is 7.64. The van der Waals surface area contributed by atoms with Crippen LogP contribution in [0.1, 0.15) is 24.9 Å². The molecule has 0 aromatic heterocycles. The van der Waals surface area contributed by atoms with Crippen molar-refractivity contribution in [2.24, 2.45) is 5.73 Å². The molecule has 2 rings (SSSR count). The van der Waals surface area contributed by atoms with Crippen molar-refractivity contribution in [3.05, 3.63) is 35.9 Å². The highest BCUT2D eigenvalue weighted by Gasteiger charge is 2.29. The minimum absolute atomic E-state index is 0.224. The normalized spacial score (nSPS) is 23.2. The first-order chi connectivity index (χ1) is 9.08. The molecule has 0 radical (unpaired) electrons. The Morgan fingerprint density at radius 3 is 2.63 bits per heavy atom. The zero-order chi connectivity index (χ0) is 13.8. The van der Waals surface area contributed by atoms with E-state index in [4.69, 9.17) is 11.1 Å². The molecule has 0 saturated carbocycles. The molecule has 3 N–H and O–H groups in total. The third-order valence-electron chi connectivity index (χ3n) is 3.88. The lowest BCUT2D eigenvalue weighted by atomic mass is 9.98. The van der Waals surface area contributed by atoms with Crippen molar-refractivity contribution >= 4 is 5.84 Å². The maximum absolute atomic E-state index is 7.64. The van der Waals surface area contributed by atoms with Crippen molar-refractivity contribution in [3.8, 4) is 0 Å². The number of hydrogen-bond acceptors (Lipinski definition) is 3. The van der Waals surface area contributed by atoms with Gasteiger partial charge < -0.3 is 10.6 Å². The van der Waals surface area contributed by atoms with Gasteiger partial charge in [-0.25, -0.2) is 0 Å². The predicted octanol–water partition coefficient (Wildman–Crippen LogP) is 1.69. The van der Waals surface area contributed by atoms with Gasteiger partial charge in [-0.15, -0.1) is 0 Å². The summed E-state index contributed by atoms with van der Waals surface area (Å²) in [6, 6.07) is 11.1. The van der Waals surface area contributed by atoms with Crippen LogP contribution >= 0.6 is 0 Å². The SMILES string of the molecule is CC1CN(C)CCN1C(CC(=N)N)c1ccccc1.